The molecule has 2 aromatic rings. The second kappa shape index (κ2) is 8.33. The molecule has 0 aromatic heterocycles. The third-order valence-corrected chi connectivity index (χ3v) is 6.57. The lowest BCUT2D eigenvalue weighted by Crippen LogP contribution is -2.54. The number of nitrogens with zero attached hydrogens (tertiary/aromatic N) is 1. The number of carboxylic acid groups (broad SMARTS) is 1. The highest BCUT2D eigenvalue weighted by Gasteiger charge is 2.44. The van der Waals surface area contributed by atoms with E-state index in [9.17, 15) is 9.90 Å². The molecule has 1 saturated carbocycles. The summed E-state index contributed by atoms with van der Waals surface area (Å²) in [5.74, 6) is 0.442. The summed E-state index contributed by atoms with van der Waals surface area (Å²) in [6.45, 7) is 0.461. The molecule has 154 valence electrons. The number of carbonyl (C=O) groups is 1. The van der Waals surface area contributed by atoms with E-state index in [-0.39, 0.29) is 25.9 Å². The fraction of sp³-hybridized carbons (Fsp3) is 0.435. The number of piperidine rings is 1. The maximum absolute atomic E-state index is 15.7. The second-order valence-corrected chi connectivity index (χ2v) is 8.68. The predicted octanol–water partition coefficient (Wildman–Crippen LogP) is 4.88. The average Bonchev–Trinajstić information content (AvgIpc) is 3.49. The summed E-state index contributed by atoms with van der Waals surface area (Å²) < 4.78 is 15.7. The number of halogens is 2. The maximum atomic E-state index is 15.7. The Morgan fingerprint density at radius 3 is 2.66 bits per heavy atom. The van der Waals surface area contributed by atoms with Crippen LogP contribution >= 0.6 is 11.6 Å². The first-order valence-electron chi connectivity index (χ1n) is 10.2. The standard InChI is InChI=1S/C23H26ClFN2O2/c24-20-9-5-4-8-17(20)12-18-14-23(25,10-11-27(18)22(28)29)15-26-21-13-19(21)16-6-2-1-3-7-16/h1-9,18-19,21,26H,10-15H2,(H,28,29). The van der Waals surface area contributed by atoms with Crippen LogP contribution in [0, 0.1) is 0 Å². The molecular weight excluding hydrogens is 391 g/mol. The van der Waals surface area contributed by atoms with Crippen LogP contribution in [0.15, 0.2) is 54.6 Å². The van der Waals surface area contributed by atoms with E-state index in [0.29, 0.717) is 23.4 Å². The van der Waals surface area contributed by atoms with Gasteiger partial charge in [0.15, 0.2) is 0 Å². The van der Waals surface area contributed by atoms with Gasteiger partial charge >= 0.3 is 6.09 Å². The molecule has 1 saturated heterocycles. The summed E-state index contributed by atoms with van der Waals surface area (Å²) in [4.78, 5) is 13.0. The van der Waals surface area contributed by atoms with Crippen LogP contribution in [0.3, 0.4) is 0 Å². The third-order valence-electron chi connectivity index (χ3n) is 6.20. The lowest BCUT2D eigenvalue weighted by atomic mass is 9.85. The van der Waals surface area contributed by atoms with Gasteiger partial charge in [-0.3, -0.25) is 0 Å². The Hall–Kier alpha value is -2.11. The minimum Gasteiger partial charge on any atom is -0.465 e. The van der Waals surface area contributed by atoms with Gasteiger partial charge in [-0.25, -0.2) is 9.18 Å². The summed E-state index contributed by atoms with van der Waals surface area (Å²) >= 11 is 6.26. The van der Waals surface area contributed by atoms with Crippen molar-refractivity contribution in [2.45, 2.75) is 49.4 Å². The van der Waals surface area contributed by atoms with Crippen molar-refractivity contribution < 1.29 is 14.3 Å². The zero-order valence-corrected chi connectivity index (χ0v) is 17.0. The molecule has 1 aliphatic heterocycles. The number of hydrogen-bond donors (Lipinski definition) is 2. The molecular formula is C23H26ClFN2O2. The minimum atomic E-state index is -1.41. The number of rotatable bonds is 6. The molecule has 2 N–H and O–H groups in total. The van der Waals surface area contributed by atoms with E-state index in [4.69, 9.17) is 11.6 Å². The van der Waals surface area contributed by atoms with Crippen molar-refractivity contribution in [1.82, 2.24) is 10.2 Å². The minimum absolute atomic E-state index is 0.181. The maximum Gasteiger partial charge on any atom is 0.407 e. The van der Waals surface area contributed by atoms with Crippen LogP contribution in [0.25, 0.3) is 0 Å². The molecule has 2 aromatic carbocycles. The zero-order chi connectivity index (χ0) is 20.4. The number of amides is 1. The molecule has 4 atom stereocenters. The molecule has 4 nitrogen and oxygen atoms in total. The highest BCUT2D eigenvalue weighted by molar-refractivity contribution is 6.31. The predicted molar refractivity (Wildman–Crippen MR) is 112 cm³/mol. The first kappa shape index (κ1) is 20.2. The molecule has 0 bridgehead atoms. The highest BCUT2D eigenvalue weighted by atomic mass is 35.5. The number of benzene rings is 2. The van der Waals surface area contributed by atoms with E-state index in [1.165, 1.54) is 10.5 Å². The van der Waals surface area contributed by atoms with Gasteiger partial charge in [-0.15, -0.1) is 0 Å². The van der Waals surface area contributed by atoms with Crippen molar-refractivity contribution in [3.05, 3.63) is 70.7 Å². The lowest BCUT2D eigenvalue weighted by Gasteiger charge is -2.41. The highest BCUT2D eigenvalue weighted by Crippen LogP contribution is 2.41. The van der Waals surface area contributed by atoms with Gasteiger partial charge in [-0.05, 0) is 30.0 Å². The molecule has 4 rings (SSSR count). The van der Waals surface area contributed by atoms with Crippen LogP contribution in [0.1, 0.15) is 36.3 Å². The monoisotopic (exact) mass is 416 g/mol. The van der Waals surface area contributed by atoms with Crippen LogP contribution in [-0.2, 0) is 6.42 Å². The molecule has 1 aliphatic carbocycles. The van der Waals surface area contributed by atoms with Crippen LogP contribution in [0.2, 0.25) is 5.02 Å². The first-order valence-corrected chi connectivity index (χ1v) is 10.5. The molecule has 6 heteroatoms. The van der Waals surface area contributed by atoms with E-state index >= 15 is 4.39 Å². The molecule has 2 aliphatic rings. The Kier molecular flexibility index (Phi) is 5.79. The van der Waals surface area contributed by atoms with Gasteiger partial charge in [0.1, 0.15) is 5.67 Å². The van der Waals surface area contributed by atoms with Crippen molar-refractivity contribution in [3.8, 4) is 0 Å². The van der Waals surface area contributed by atoms with Gasteiger partial charge < -0.3 is 15.3 Å². The SMILES string of the molecule is O=C(O)N1CCC(F)(CNC2CC2c2ccccc2)CC1Cc1ccccc1Cl. The largest absolute Gasteiger partial charge is 0.465 e. The fourth-order valence-corrected chi connectivity index (χ4v) is 4.67. The number of likely N-dealkylation sites (tertiary alicyclic amines) is 1. The Bertz CT molecular complexity index is 865. The molecule has 1 amide bonds. The zero-order valence-electron chi connectivity index (χ0n) is 16.2. The second-order valence-electron chi connectivity index (χ2n) is 8.27. The van der Waals surface area contributed by atoms with Crippen molar-refractivity contribution in [3.63, 3.8) is 0 Å². The summed E-state index contributed by atoms with van der Waals surface area (Å²) in [6, 6.07) is 17.5. The van der Waals surface area contributed by atoms with Gasteiger partial charge in [-0.1, -0.05) is 60.1 Å². The van der Waals surface area contributed by atoms with E-state index in [1.807, 2.05) is 36.4 Å². The average molecular weight is 417 g/mol. The number of alkyl halides is 1. The van der Waals surface area contributed by atoms with Crippen LogP contribution in [0.5, 0.6) is 0 Å². The van der Waals surface area contributed by atoms with E-state index in [0.717, 1.165) is 12.0 Å². The van der Waals surface area contributed by atoms with Crippen molar-refractivity contribution in [2.75, 3.05) is 13.1 Å². The van der Waals surface area contributed by atoms with Gasteiger partial charge in [0, 0.05) is 49.0 Å². The van der Waals surface area contributed by atoms with Crippen molar-refractivity contribution in [1.29, 1.82) is 0 Å². The third kappa shape index (κ3) is 4.73. The number of hydrogen-bond acceptors (Lipinski definition) is 2. The molecule has 4 unspecified atom stereocenters. The van der Waals surface area contributed by atoms with Crippen LogP contribution < -0.4 is 5.32 Å². The Labute approximate surface area is 175 Å². The molecule has 0 spiro atoms. The van der Waals surface area contributed by atoms with Gasteiger partial charge in [0.05, 0.1) is 0 Å². The van der Waals surface area contributed by atoms with Crippen molar-refractivity contribution in [2.24, 2.45) is 0 Å². The van der Waals surface area contributed by atoms with Gasteiger partial charge in [-0.2, -0.15) is 0 Å². The summed E-state index contributed by atoms with van der Waals surface area (Å²) in [6.07, 6.45) is 0.843. The molecule has 1 heterocycles. The normalized spacial score (nSPS) is 28.9. The van der Waals surface area contributed by atoms with Crippen LogP contribution in [0.4, 0.5) is 9.18 Å². The topological polar surface area (TPSA) is 52.6 Å². The smallest absolute Gasteiger partial charge is 0.407 e. The van der Waals surface area contributed by atoms with E-state index in [1.54, 1.807) is 6.07 Å². The Morgan fingerprint density at radius 1 is 1.21 bits per heavy atom. The molecule has 0 radical (unpaired) electrons. The summed E-state index contributed by atoms with van der Waals surface area (Å²) in [5.41, 5.74) is 0.728. The summed E-state index contributed by atoms with van der Waals surface area (Å²) in [7, 11) is 0. The Balaban J connectivity index is 1.39. The van der Waals surface area contributed by atoms with Gasteiger partial charge in [0.25, 0.3) is 0 Å². The number of nitrogens with one attached hydrogen (secondary N) is 1. The Morgan fingerprint density at radius 2 is 1.93 bits per heavy atom. The summed E-state index contributed by atoms with van der Waals surface area (Å²) in [5, 5.41) is 13.6. The molecule has 29 heavy (non-hydrogen) atoms. The van der Waals surface area contributed by atoms with Crippen molar-refractivity contribution >= 4 is 17.7 Å². The van der Waals surface area contributed by atoms with E-state index in [2.05, 4.69) is 17.4 Å². The quantitative estimate of drug-likeness (QED) is 0.705. The molecule has 2 fully saturated rings. The fourth-order valence-electron chi connectivity index (χ4n) is 4.45. The van der Waals surface area contributed by atoms with Gasteiger partial charge in [0.2, 0.25) is 0 Å². The lowest BCUT2D eigenvalue weighted by molar-refractivity contribution is 0.0224. The van der Waals surface area contributed by atoms with Crippen LogP contribution in [-0.4, -0.2) is 46.9 Å². The first-order chi connectivity index (χ1) is 14.0. The van der Waals surface area contributed by atoms with E-state index < -0.39 is 17.8 Å².